The van der Waals surface area contributed by atoms with E-state index < -0.39 is 4.92 Å². The van der Waals surface area contributed by atoms with E-state index in [1.165, 1.54) is 12.1 Å². The van der Waals surface area contributed by atoms with Gasteiger partial charge in [-0.1, -0.05) is 17.9 Å². The predicted molar refractivity (Wildman–Crippen MR) is 50.7 cm³/mol. The molecule has 0 atom stereocenters. The monoisotopic (exact) mass is 189 g/mol. The van der Waals surface area contributed by atoms with E-state index in [1.54, 1.807) is 12.1 Å². The highest BCUT2D eigenvalue weighted by Crippen LogP contribution is 2.11. The van der Waals surface area contributed by atoms with E-state index in [4.69, 9.17) is 0 Å². The SMILES string of the molecule is O=CCC#Cc1cccc([N+](=O)[O-])c1. The zero-order valence-electron chi connectivity index (χ0n) is 7.27. The average molecular weight is 189 g/mol. The highest BCUT2D eigenvalue weighted by atomic mass is 16.6. The molecule has 70 valence electrons. The molecule has 1 aromatic carbocycles. The fourth-order valence-corrected chi connectivity index (χ4v) is 0.892. The molecule has 0 saturated carbocycles. The van der Waals surface area contributed by atoms with Gasteiger partial charge in [0.2, 0.25) is 0 Å². The van der Waals surface area contributed by atoms with Crippen molar-refractivity contribution in [3.05, 3.63) is 39.9 Å². The molecular formula is C10H7NO3. The molecule has 0 N–H and O–H groups in total. The first kappa shape index (κ1) is 9.93. The van der Waals surface area contributed by atoms with Gasteiger partial charge in [0.25, 0.3) is 5.69 Å². The number of nitrogens with zero attached hydrogens (tertiary/aromatic N) is 1. The Labute approximate surface area is 80.7 Å². The van der Waals surface area contributed by atoms with Gasteiger partial charge < -0.3 is 4.79 Å². The molecule has 0 amide bonds. The molecule has 1 aromatic rings. The Morgan fingerprint density at radius 1 is 1.50 bits per heavy atom. The van der Waals surface area contributed by atoms with Crippen molar-refractivity contribution in [2.75, 3.05) is 0 Å². The number of carbonyl (C=O) groups excluding carboxylic acids is 1. The van der Waals surface area contributed by atoms with Gasteiger partial charge in [0, 0.05) is 17.7 Å². The van der Waals surface area contributed by atoms with Crippen molar-refractivity contribution in [1.29, 1.82) is 0 Å². The Kier molecular flexibility index (Phi) is 3.39. The molecule has 0 aromatic heterocycles. The minimum Gasteiger partial charge on any atom is -0.302 e. The van der Waals surface area contributed by atoms with Crippen molar-refractivity contribution >= 4 is 12.0 Å². The molecule has 4 heteroatoms. The van der Waals surface area contributed by atoms with Gasteiger partial charge in [0.15, 0.2) is 0 Å². The summed E-state index contributed by atoms with van der Waals surface area (Å²) in [6.45, 7) is 0. The minimum absolute atomic E-state index is 0.00269. The van der Waals surface area contributed by atoms with Crippen molar-refractivity contribution in [3.63, 3.8) is 0 Å². The van der Waals surface area contributed by atoms with Crippen molar-refractivity contribution in [3.8, 4) is 11.8 Å². The lowest BCUT2D eigenvalue weighted by atomic mass is 10.2. The second-order valence-corrected chi connectivity index (χ2v) is 2.48. The van der Waals surface area contributed by atoms with Gasteiger partial charge in [-0.2, -0.15) is 0 Å². The summed E-state index contributed by atoms with van der Waals surface area (Å²) in [5, 5.41) is 10.4. The summed E-state index contributed by atoms with van der Waals surface area (Å²) < 4.78 is 0. The lowest BCUT2D eigenvalue weighted by Crippen LogP contribution is -1.87. The lowest BCUT2D eigenvalue weighted by Gasteiger charge is -1.90. The van der Waals surface area contributed by atoms with Crippen LogP contribution >= 0.6 is 0 Å². The molecule has 0 unspecified atom stereocenters. The van der Waals surface area contributed by atoms with Crippen molar-refractivity contribution in [2.45, 2.75) is 6.42 Å². The number of carbonyl (C=O) groups is 1. The van der Waals surface area contributed by atoms with Crippen LogP contribution in [0.5, 0.6) is 0 Å². The van der Waals surface area contributed by atoms with Gasteiger partial charge in [-0.3, -0.25) is 10.1 Å². The molecule has 1 rings (SSSR count). The average Bonchev–Trinajstić information content (AvgIpc) is 2.19. The molecule has 14 heavy (non-hydrogen) atoms. The highest BCUT2D eigenvalue weighted by molar-refractivity contribution is 5.55. The summed E-state index contributed by atoms with van der Waals surface area (Å²) >= 11 is 0. The fourth-order valence-electron chi connectivity index (χ4n) is 0.892. The van der Waals surface area contributed by atoms with E-state index in [9.17, 15) is 14.9 Å². The number of benzene rings is 1. The van der Waals surface area contributed by atoms with E-state index in [2.05, 4.69) is 11.8 Å². The van der Waals surface area contributed by atoms with Gasteiger partial charge in [0.1, 0.15) is 6.29 Å². The molecule has 0 heterocycles. The Bertz CT molecular complexity index is 415. The van der Waals surface area contributed by atoms with E-state index in [0.29, 0.717) is 11.8 Å². The summed E-state index contributed by atoms with van der Waals surface area (Å²) in [5.41, 5.74) is 0.545. The molecule has 0 aliphatic rings. The number of non-ortho nitro benzene ring substituents is 1. The predicted octanol–water partition coefficient (Wildman–Crippen LogP) is 1.54. The zero-order chi connectivity index (χ0) is 10.4. The van der Waals surface area contributed by atoms with Crippen LogP contribution in [0.3, 0.4) is 0 Å². The number of rotatable bonds is 2. The van der Waals surface area contributed by atoms with Crippen LogP contribution in [0.15, 0.2) is 24.3 Å². The van der Waals surface area contributed by atoms with Crippen LogP contribution in [0.2, 0.25) is 0 Å². The van der Waals surface area contributed by atoms with Crippen LogP contribution in [0.1, 0.15) is 12.0 Å². The second kappa shape index (κ2) is 4.77. The first-order valence-electron chi connectivity index (χ1n) is 3.91. The van der Waals surface area contributed by atoms with Gasteiger partial charge in [-0.25, -0.2) is 0 Å². The largest absolute Gasteiger partial charge is 0.302 e. The normalized spacial score (nSPS) is 8.57. The van der Waals surface area contributed by atoms with Crippen molar-refractivity contribution in [2.24, 2.45) is 0 Å². The fraction of sp³-hybridized carbons (Fsp3) is 0.100. The molecule has 0 bridgehead atoms. The zero-order valence-corrected chi connectivity index (χ0v) is 7.27. The number of nitro groups is 1. The minimum atomic E-state index is -0.481. The van der Waals surface area contributed by atoms with Crippen molar-refractivity contribution in [1.82, 2.24) is 0 Å². The summed E-state index contributed by atoms with van der Waals surface area (Å²) in [7, 11) is 0. The number of hydrogen-bond donors (Lipinski definition) is 0. The summed E-state index contributed by atoms with van der Waals surface area (Å²) in [6.07, 6.45) is 0.826. The van der Waals surface area contributed by atoms with Gasteiger partial charge in [-0.05, 0) is 6.07 Å². The molecule has 4 nitrogen and oxygen atoms in total. The van der Waals surface area contributed by atoms with E-state index in [1.807, 2.05) is 0 Å². The Morgan fingerprint density at radius 3 is 2.93 bits per heavy atom. The maximum Gasteiger partial charge on any atom is 0.270 e. The molecule has 0 spiro atoms. The molecule has 0 aliphatic carbocycles. The number of nitro benzene ring substituents is 1. The van der Waals surface area contributed by atoms with Gasteiger partial charge in [-0.15, -0.1) is 0 Å². The Morgan fingerprint density at radius 2 is 2.29 bits per heavy atom. The molecule has 0 radical (unpaired) electrons. The van der Waals surface area contributed by atoms with Crippen molar-refractivity contribution < 1.29 is 9.72 Å². The summed E-state index contributed by atoms with van der Waals surface area (Å²) in [4.78, 5) is 19.9. The third-order valence-corrected chi connectivity index (χ3v) is 1.48. The van der Waals surface area contributed by atoms with Gasteiger partial charge >= 0.3 is 0 Å². The third-order valence-electron chi connectivity index (χ3n) is 1.48. The van der Waals surface area contributed by atoms with Crippen LogP contribution in [-0.4, -0.2) is 11.2 Å². The van der Waals surface area contributed by atoms with Gasteiger partial charge in [0.05, 0.1) is 11.3 Å². The number of aldehydes is 1. The highest BCUT2D eigenvalue weighted by Gasteiger charge is 2.03. The molecule has 0 fully saturated rings. The maximum absolute atomic E-state index is 10.4. The van der Waals surface area contributed by atoms with Crippen LogP contribution in [0.4, 0.5) is 5.69 Å². The van der Waals surface area contributed by atoms with E-state index in [-0.39, 0.29) is 12.1 Å². The number of hydrogen-bond acceptors (Lipinski definition) is 3. The lowest BCUT2D eigenvalue weighted by molar-refractivity contribution is -0.384. The quantitative estimate of drug-likeness (QED) is 0.307. The molecule has 0 saturated heterocycles. The molecular weight excluding hydrogens is 182 g/mol. The van der Waals surface area contributed by atoms with Crippen LogP contribution in [0, 0.1) is 22.0 Å². The molecule has 0 aliphatic heterocycles. The van der Waals surface area contributed by atoms with Crippen LogP contribution in [-0.2, 0) is 4.79 Å². The first-order chi connectivity index (χ1) is 6.74. The summed E-state index contributed by atoms with van der Waals surface area (Å²) in [5.74, 6) is 5.23. The maximum atomic E-state index is 10.4. The Hall–Kier alpha value is -2.15. The Balaban J connectivity index is 2.90. The first-order valence-corrected chi connectivity index (χ1v) is 3.91. The second-order valence-electron chi connectivity index (χ2n) is 2.48. The van der Waals surface area contributed by atoms with Crippen LogP contribution < -0.4 is 0 Å². The van der Waals surface area contributed by atoms with E-state index >= 15 is 0 Å². The smallest absolute Gasteiger partial charge is 0.270 e. The third kappa shape index (κ3) is 2.72. The standard InChI is InChI=1S/C10H7NO3/c12-7-2-1-4-9-5-3-6-10(8-9)11(13)14/h3,5-8H,2H2. The topological polar surface area (TPSA) is 60.2 Å². The van der Waals surface area contributed by atoms with Crippen LogP contribution in [0.25, 0.3) is 0 Å². The summed E-state index contributed by atoms with van der Waals surface area (Å²) in [6, 6.07) is 5.98. The van der Waals surface area contributed by atoms with E-state index in [0.717, 1.165) is 0 Å².